The summed E-state index contributed by atoms with van der Waals surface area (Å²) in [7, 11) is 0. The maximum absolute atomic E-state index is 12.2. The van der Waals surface area contributed by atoms with Crippen LogP contribution in [-0.4, -0.2) is 34.1 Å². The lowest BCUT2D eigenvalue weighted by Gasteiger charge is -2.21. The number of rotatable bonds is 7. The molecular formula is C15H21N5O2. The molecule has 0 aromatic carbocycles. The Morgan fingerprint density at radius 1 is 1.32 bits per heavy atom. The maximum Gasteiger partial charge on any atom is 0.275 e. The molecule has 2 rings (SSSR count). The van der Waals surface area contributed by atoms with Gasteiger partial charge in [0, 0.05) is 25.4 Å². The molecule has 1 N–H and O–H groups in total. The van der Waals surface area contributed by atoms with E-state index in [1.807, 2.05) is 0 Å². The predicted molar refractivity (Wildman–Crippen MR) is 84.0 cm³/mol. The number of carbonyl (C=O) groups excluding carboxylic acids is 1. The molecule has 0 saturated heterocycles. The van der Waals surface area contributed by atoms with E-state index >= 15 is 0 Å². The van der Waals surface area contributed by atoms with E-state index in [0.29, 0.717) is 23.2 Å². The minimum atomic E-state index is -0.329. The molecule has 0 aliphatic heterocycles. The Hall–Kier alpha value is -2.44. The normalized spacial score (nSPS) is 10.5. The number of aryl methyl sites for hydroxylation is 1. The van der Waals surface area contributed by atoms with Crippen LogP contribution in [0.2, 0.25) is 0 Å². The molecule has 0 aliphatic carbocycles. The smallest absolute Gasteiger partial charge is 0.275 e. The molecule has 2 aromatic heterocycles. The van der Waals surface area contributed by atoms with Gasteiger partial charge in [0.2, 0.25) is 5.95 Å². The van der Waals surface area contributed by atoms with Gasteiger partial charge in [-0.15, -0.1) is 0 Å². The van der Waals surface area contributed by atoms with E-state index in [4.69, 9.17) is 4.52 Å². The Balaban J connectivity index is 2.14. The monoisotopic (exact) mass is 303 g/mol. The molecule has 0 bridgehead atoms. The summed E-state index contributed by atoms with van der Waals surface area (Å²) >= 11 is 0. The molecule has 0 aliphatic rings. The van der Waals surface area contributed by atoms with E-state index in [2.05, 4.69) is 39.2 Å². The van der Waals surface area contributed by atoms with Gasteiger partial charge in [0.05, 0.1) is 0 Å². The second-order valence-electron chi connectivity index (χ2n) is 5.01. The van der Waals surface area contributed by atoms with Gasteiger partial charge in [-0.05, 0) is 25.8 Å². The number of nitrogens with one attached hydrogen (secondary N) is 1. The van der Waals surface area contributed by atoms with Gasteiger partial charge in [0.15, 0.2) is 5.82 Å². The van der Waals surface area contributed by atoms with Gasteiger partial charge in [-0.2, -0.15) is 0 Å². The fourth-order valence-corrected chi connectivity index (χ4v) is 2.08. The van der Waals surface area contributed by atoms with Crippen LogP contribution in [0.1, 0.15) is 42.9 Å². The van der Waals surface area contributed by atoms with Crippen molar-refractivity contribution < 1.29 is 9.32 Å². The van der Waals surface area contributed by atoms with Crippen molar-refractivity contribution in [3.63, 3.8) is 0 Å². The first-order chi connectivity index (χ1) is 10.6. The lowest BCUT2D eigenvalue weighted by Crippen LogP contribution is -2.27. The second kappa shape index (κ2) is 7.53. The molecule has 7 nitrogen and oxygen atoms in total. The molecule has 0 spiro atoms. The van der Waals surface area contributed by atoms with Gasteiger partial charge < -0.3 is 14.7 Å². The Morgan fingerprint density at radius 2 is 2.05 bits per heavy atom. The van der Waals surface area contributed by atoms with Crippen molar-refractivity contribution in [2.24, 2.45) is 0 Å². The number of hydrogen-bond acceptors (Lipinski definition) is 6. The summed E-state index contributed by atoms with van der Waals surface area (Å²) < 4.78 is 4.92. The summed E-state index contributed by atoms with van der Waals surface area (Å²) in [6.45, 7) is 7.69. The average molecular weight is 303 g/mol. The lowest BCUT2D eigenvalue weighted by molar-refractivity contribution is 0.102. The maximum atomic E-state index is 12.2. The first-order valence-electron chi connectivity index (χ1n) is 7.46. The van der Waals surface area contributed by atoms with Gasteiger partial charge in [-0.25, -0.2) is 9.97 Å². The lowest BCUT2D eigenvalue weighted by atomic mass is 10.3. The summed E-state index contributed by atoms with van der Waals surface area (Å²) in [4.78, 5) is 22.9. The van der Waals surface area contributed by atoms with Crippen molar-refractivity contribution in [2.45, 2.75) is 33.6 Å². The predicted octanol–water partition coefficient (Wildman–Crippen LogP) is 2.65. The van der Waals surface area contributed by atoms with E-state index in [9.17, 15) is 4.79 Å². The molecule has 0 atom stereocenters. The van der Waals surface area contributed by atoms with Crippen molar-refractivity contribution in [3.8, 4) is 0 Å². The van der Waals surface area contributed by atoms with Crippen LogP contribution >= 0.6 is 0 Å². The molecule has 2 heterocycles. The van der Waals surface area contributed by atoms with Gasteiger partial charge in [-0.3, -0.25) is 4.79 Å². The zero-order chi connectivity index (χ0) is 15.9. The Bertz CT molecular complexity index is 620. The fraction of sp³-hybridized carbons (Fsp3) is 0.467. The van der Waals surface area contributed by atoms with Crippen molar-refractivity contribution in [3.05, 3.63) is 29.8 Å². The number of carbonyl (C=O) groups is 1. The number of anilines is 2. The third-order valence-electron chi connectivity index (χ3n) is 3.01. The van der Waals surface area contributed by atoms with Crippen LogP contribution < -0.4 is 10.2 Å². The Kier molecular flexibility index (Phi) is 5.46. The van der Waals surface area contributed by atoms with E-state index < -0.39 is 0 Å². The zero-order valence-corrected chi connectivity index (χ0v) is 13.2. The van der Waals surface area contributed by atoms with E-state index in [1.165, 1.54) is 0 Å². The SMILES string of the molecule is CCCN(CCC)c1nccc(C(=O)Nc2cc(C)on2)n1. The largest absolute Gasteiger partial charge is 0.360 e. The number of nitrogens with zero attached hydrogens (tertiary/aromatic N) is 4. The molecule has 0 unspecified atom stereocenters. The van der Waals surface area contributed by atoms with E-state index in [1.54, 1.807) is 25.3 Å². The third-order valence-corrected chi connectivity index (χ3v) is 3.01. The highest BCUT2D eigenvalue weighted by molar-refractivity contribution is 6.02. The summed E-state index contributed by atoms with van der Waals surface area (Å²) in [5, 5.41) is 6.39. The Morgan fingerprint density at radius 3 is 2.64 bits per heavy atom. The summed E-state index contributed by atoms with van der Waals surface area (Å²) in [5.74, 6) is 1.26. The fourth-order valence-electron chi connectivity index (χ4n) is 2.08. The number of aromatic nitrogens is 3. The van der Waals surface area contributed by atoms with Crippen LogP contribution in [0.3, 0.4) is 0 Å². The second-order valence-corrected chi connectivity index (χ2v) is 5.01. The molecule has 1 amide bonds. The van der Waals surface area contributed by atoms with E-state index in [-0.39, 0.29) is 5.91 Å². The van der Waals surface area contributed by atoms with Gasteiger partial charge in [0.25, 0.3) is 5.91 Å². The van der Waals surface area contributed by atoms with Crippen LogP contribution in [-0.2, 0) is 0 Å². The number of hydrogen-bond donors (Lipinski definition) is 1. The van der Waals surface area contributed by atoms with Crippen molar-refractivity contribution in [1.82, 2.24) is 15.1 Å². The molecule has 0 fully saturated rings. The molecular weight excluding hydrogens is 282 g/mol. The topological polar surface area (TPSA) is 84.2 Å². The highest BCUT2D eigenvalue weighted by Gasteiger charge is 2.14. The first-order valence-corrected chi connectivity index (χ1v) is 7.46. The third kappa shape index (κ3) is 4.03. The highest BCUT2D eigenvalue weighted by atomic mass is 16.5. The molecule has 0 radical (unpaired) electrons. The van der Waals surface area contributed by atoms with Gasteiger partial charge in [-0.1, -0.05) is 19.0 Å². The average Bonchev–Trinajstić information content (AvgIpc) is 2.92. The summed E-state index contributed by atoms with van der Waals surface area (Å²) in [5.41, 5.74) is 0.308. The highest BCUT2D eigenvalue weighted by Crippen LogP contribution is 2.12. The first kappa shape index (κ1) is 15.9. The quantitative estimate of drug-likeness (QED) is 0.846. The van der Waals surface area contributed by atoms with Crippen LogP contribution in [0.25, 0.3) is 0 Å². The van der Waals surface area contributed by atoms with Crippen LogP contribution in [0.15, 0.2) is 22.9 Å². The molecule has 22 heavy (non-hydrogen) atoms. The van der Waals surface area contributed by atoms with Crippen LogP contribution in [0, 0.1) is 6.92 Å². The molecule has 118 valence electrons. The molecule has 2 aromatic rings. The van der Waals surface area contributed by atoms with Crippen molar-refractivity contribution >= 4 is 17.7 Å². The van der Waals surface area contributed by atoms with Crippen LogP contribution in [0.4, 0.5) is 11.8 Å². The van der Waals surface area contributed by atoms with Crippen molar-refractivity contribution in [1.29, 1.82) is 0 Å². The minimum Gasteiger partial charge on any atom is -0.360 e. The standard InChI is InChI=1S/C15H21N5O2/c1-4-8-20(9-5-2)15-16-7-6-12(17-15)14(21)18-13-10-11(3)22-19-13/h6-7,10H,4-5,8-9H2,1-3H3,(H,18,19,21). The molecule has 0 saturated carbocycles. The number of amides is 1. The van der Waals surface area contributed by atoms with Crippen molar-refractivity contribution in [2.75, 3.05) is 23.3 Å². The van der Waals surface area contributed by atoms with E-state index in [0.717, 1.165) is 25.9 Å². The van der Waals surface area contributed by atoms with Gasteiger partial charge in [0.1, 0.15) is 11.5 Å². The Labute approximate surface area is 129 Å². The zero-order valence-electron chi connectivity index (χ0n) is 13.2. The van der Waals surface area contributed by atoms with Gasteiger partial charge >= 0.3 is 0 Å². The minimum absolute atomic E-state index is 0.308. The summed E-state index contributed by atoms with van der Waals surface area (Å²) in [6.07, 6.45) is 3.60. The summed E-state index contributed by atoms with van der Waals surface area (Å²) in [6, 6.07) is 3.24. The van der Waals surface area contributed by atoms with Crippen LogP contribution in [0.5, 0.6) is 0 Å². The molecule has 7 heteroatoms.